The standard InChI is InChI=1S/C16H20N2O/c1-11-7-12(2)9-14(8-11)16(19)17-10-15-6-5-13(3)18(15)4/h5-9H,10H2,1-4H3,(H,17,19). The Kier molecular flexibility index (Phi) is 3.74. The van der Waals surface area contributed by atoms with Crippen molar-refractivity contribution < 1.29 is 4.79 Å². The second kappa shape index (κ2) is 5.31. The van der Waals surface area contributed by atoms with Gasteiger partial charge in [0.15, 0.2) is 0 Å². The molecule has 0 radical (unpaired) electrons. The lowest BCUT2D eigenvalue weighted by Gasteiger charge is -2.09. The second-order valence-electron chi connectivity index (χ2n) is 5.08. The summed E-state index contributed by atoms with van der Waals surface area (Å²) in [6, 6.07) is 9.99. The van der Waals surface area contributed by atoms with E-state index in [0.29, 0.717) is 6.54 Å². The number of carbonyl (C=O) groups is 1. The molecule has 2 aromatic rings. The average molecular weight is 256 g/mol. The molecule has 0 atom stereocenters. The van der Waals surface area contributed by atoms with E-state index in [1.54, 1.807) is 0 Å². The Hall–Kier alpha value is -2.03. The van der Waals surface area contributed by atoms with Crippen molar-refractivity contribution in [2.45, 2.75) is 27.3 Å². The number of rotatable bonds is 3. The first-order valence-corrected chi connectivity index (χ1v) is 6.45. The molecule has 2 rings (SSSR count). The summed E-state index contributed by atoms with van der Waals surface area (Å²) in [6.45, 7) is 6.61. The maximum Gasteiger partial charge on any atom is 0.251 e. The van der Waals surface area contributed by atoms with Gasteiger partial charge in [0.2, 0.25) is 0 Å². The Bertz CT molecular complexity index is 591. The molecule has 0 aliphatic rings. The average Bonchev–Trinajstić information content (AvgIpc) is 2.66. The molecule has 0 bridgehead atoms. The third kappa shape index (κ3) is 3.05. The van der Waals surface area contributed by atoms with Gasteiger partial charge in [-0.2, -0.15) is 0 Å². The van der Waals surface area contributed by atoms with Gasteiger partial charge in [0.05, 0.1) is 6.54 Å². The summed E-state index contributed by atoms with van der Waals surface area (Å²) in [7, 11) is 2.01. The number of nitrogens with zero attached hydrogens (tertiary/aromatic N) is 1. The number of aromatic nitrogens is 1. The molecule has 1 heterocycles. The molecule has 0 aliphatic heterocycles. The zero-order chi connectivity index (χ0) is 14.0. The van der Waals surface area contributed by atoms with Gasteiger partial charge in [0, 0.05) is 24.0 Å². The van der Waals surface area contributed by atoms with Crippen LogP contribution in [0.4, 0.5) is 0 Å². The van der Waals surface area contributed by atoms with Crippen LogP contribution in [0, 0.1) is 20.8 Å². The zero-order valence-electron chi connectivity index (χ0n) is 11.9. The molecule has 1 aromatic carbocycles. The maximum absolute atomic E-state index is 12.1. The predicted molar refractivity (Wildman–Crippen MR) is 77.2 cm³/mol. The van der Waals surface area contributed by atoms with Gasteiger partial charge in [-0.25, -0.2) is 0 Å². The van der Waals surface area contributed by atoms with Crippen LogP contribution in [0.1, 0.15) is 32.9 Å². The van der Waals surface area contributed by atoms with Gasteiger partial charge in [-0.05, 0) is 45.0 Å². The van der Waals surface area contributed by atoms with Crippen LogP contribution in [0.15, 0.2) is 30.3 Å². The van der Waals surface area contributed by atoms with Crippen LogP contribution in [0.3, 0.4) is 0 Å². The number of hydrogen-bond donors (Lipinski definition) is 1. The molecule has 0 saturated carbocycles. The van der Waals surface area contributed by atoms with E-state index in [2.05, 4.69) is 28.9 Å². The van der Waals surface area contributed by atoms with E-state index < -0.39 is 0 Å². The lowest BCUT2D eigenvalue weighted by Crippen LogP contribution is -2.24. The summed E-state index contributed by atoms with van der Waals surface area (Å²) >= 11 is 0. The lowest BCUT2D eigenvalue weighted by molar-refractivity contribution is 0.0950. The van der Waals surface area contributed by atoms with Gasteiger partial charge in [0.1, 0.15) is 0 Å². The number of amides is 1. The summed E-state index contributed by atoms with van der Waals surface area (Å²) < 4.78 is 2.09. The maximum atomic E-state index is 12.1. The normalized spacial score (nSPS) is 10.5. The van der Waals surface area contributed by atoms with Gasteiger partial charge in [-0.3, -0.25) is 4.79 Å². The predicted octanol–water partition coefficient (Wildman–Crippen LogP) is 2.88. The molecule has 3 nitrogen and oxygen atoms in total. The molecular weight excluding hydrogens is 236 g/mol. The van der Waals surface area contributed by atoms with Crippen LogP contribution >= 0.6 is 0 Å². The minimum atomic E-state index is -0.0225. The molecular formula is C16H20N2O. The Labute approximate surface area is 114 Å². The molecule has 3 heteroatoms. The number of carbonyl (C=O) groups excluding carboxylic acids is 1. The summed E-state index contributed by atoms with van der Waals surface area (Å²) in [5, 5.41) is 2.96. The highest BCUT2D eigenvalue weighted by Crippen LogP contribution is 2.10. The fourth-order valence-electron chi connectivity index (χ4n) is 2.22. The van der Waals surface area contributed by atoms with E-state index in [0.717, 1.165) is 22.4 Å². The van der Waals surface area contributed by atoms with Gasteiger partial charge >= 0.3 is 0 Å². The zero-order valence-corrected chi connectivity index (χ0v) is 11.9. The summed E-state index contributed by atoms with van der Waals surface area (Å²) in [4.78, 5) is 12.1. The van der Waals surface area contributed by atoms with Crippen LogP contribution in [-0.2, 0) is 13.6 Å². The van der Waals surface area contributed by atoms with Crippen molar-refractivity contribution in [1.29, 1.82) is 0 Å². The third-order valence-corrected chi connectivity index (χ3v) is 3.39. The van der Waals surface area contributed by atoms with Crippen LogP contribution in [-0.4, -0.2) is 10.5 Å². The van der Waals surface area contributed by atoms with Crippen molar-refractivity contribution in [2.75, 3.05) is 0 Å². The molecule has 19 heavy (non-hydrogen) atoms. The molecule has 1 aromatic heterocycles. The molecule has 0 saturated heterocycles. The van der Waals surface area contributed by atoms with E-state index in [-0.39, 0.29) is 5.91 Å². The SMILES string of the molecule is Cc1cc(C)cc(C(=O)NCc2ccc(C)n2C)c1. The van der Waals surface area contributed by atoms with Crippen molar-refractivity contribution in [3.8, 4) is 0 Å². The number of nitrogens with one attached hydrogen (secondary N) is 1. The van der Waals surface area contributed by atoms with E-state index in [4.69, 9.17) is 0 Å². The van der Waals surface area contributed by atoms with E-state index >= 15 is 0 Å². The van der Waals surface area contributed by atoms with Crippen LogP contribution < -0.4 is 5.32 Å². The molecule has 100 valence electrons. The Morgan fingerprint density at radius 3 is 2.26 bits per heavy atom. The van der Waals surface area contributed by atoms with E-state index in [1.807, 2.05) is 39.1 Å². The molecule has 1 amide bonds. The highest BCUT2D eigenvalue weighted by molar-refractivity contribution is 5.94. The van der Waals surface area contributed by atoms with E-state index in [9.17, 15) is 4.79 Å². The first-order valence-electron chi connectivity index (χ1n) is 6.45. The highest BCUT2D eigenvalue weighted by Gasteiger charge is 2.08. The Morgan fingerprint density at radius 2 is 1.74 bits per heavy atom. The van der Waals surface area contributed by atoms with Crippen molar-refractivity contribution in [1.82, 2.24) is 9.88 Å². The molecule has 0 aliphatic carbocycles. The summed E-state index contributed by atoms with van der Waals surface area (Å²) in [5.41, 5.74) is 5.24. The fourth-order valence-corrected chi connectivity index (χ4v) is 2.22. The summed E-state index contributed by atoms with van der Waals surface area (Å²) in [5.74, 6) is -0.0225. The number of aryl methyl sites for hydroxylation is 3. The van der Waals surface area contributed by atoms with Crippen LogP contribution in [0.25, 0.3) is 0 Å². The molecule has 0 unspecified atom stereocenters. The number of benzene rings is 1. The van der Waals surface area contributed by atoms with Crippen molar-refractivity contribution in [3.05, 3.63) is 58.4 Å². The fraction of sp³-hybridized carbons (Fsp3) is 0.312. The third-order valence-electron chi connectivity index (χ3n) is 3.39. The minimum absolute atomic E-state index is 0.0225. The first-order chi connectivity index (χ1) is 8.97. The molecule has 0 spiro atoms. The van der Waals surface area contributed by atoms with Crippen molar-refractivity contribution in [2.24, 2.45) is 7.05 Å². The van der Waals surface area contributed by atoms with Gasteiger partial charge in [-0.1, -0.05) is 17.2 Å². The second-order valence-corrected chi connectivity index (χ2v) is 5.08. The van der Waals surface area contributed by atoms with Crippen LogP contribution in [0.2, 0.25) is 0 Å². The molecule has 1 N–H and O–H groups in total. The minimum Gasteiger partial charge on any atom is -0.350 e. The lowest BCUT2D eigenvalue weighted by atomic mass is 10.1. The van der Waals surface area contributed by atoms with Crippen LogP contribution in [0.5, 0.6) is 0 Å². The molecule has 0 fully saturated rings. The van der Waals surface area contributed by atoms with Gasteiger partial charge in [0.25, 0.3) is 5.91 Å². The van der Waals surface area contributed by atoms with Gasteiger partial charge < -0.3 is 9.88 Å². The van der Waals surface area contributed by atoms with Gasteiger partial charge in [-0.15, -0.1) is 0 Å². The van der Waals surface area contributed by atoms with E-state index in [1.165, 1.54) is 5.69 Å². The monoisotopic (exact) mass is 256 g/mol. The smallest absolute Gasteiger partial charge is 0.251 e. The topological polar surface area (TPSA) is 34.0 Å². The van der Waals surface area contributed by atoms with Crippen molar-refractivity contribution in [3.63, 3.8) is 0 Å². The number of hydrogen-bond acceptors (Lipinski definition) is 1. The van der Waals surface area contributed by atoms with Crippen molar-refractivity contribution >= 4 is 5.91 Å². The Balaban J connectivity index is 2.07. The summed E-state index contributed by atoms with van der Waals surface area (Å²) in [6.07, 6.45) is 0. The highest BCUT2D eigenvalue weighted by atomic mass is 16.1. The quantitative estimate of drug-likeness (QED) is 0.900. The largest absolute Gasteiger partial charge is 0.350 e. The first kappa shape index (κ1) is 13.4. The Morgan fingerprint density at radius 1 is 1.11 bits per heavy atom.